The zero-order chi connectivity index (χ0) is 14.0. The summed E-state index contributed by atoms with van der Waals surface area (Å²) in [6.45, 7) is 0. The first-order chi connectivity index (χ1) is 9.04. The molecule has 19 heavy (non-hydrogen) atoms. The van der Waals surface area contributed by atoms with Crippen LogP contribution >= 0.6 is 11.6 Å². The van der Waals surface area contributed by atoms with E-state index in [-0.39, 0.29) is 5.91 Å². The van der Waals surface area contributed by atoms with E-state index >= 15 is 0 Å². The highest BCUT2D eigenvalue weighted by Crippen LogP contribution is 2.23. The van der Waals surface area contributed by atoms with E-state index in [1.165, 1.54) is 9.58 Å². The van der Waals surface area contributed by atoms with Crippen molar-refractivity contribution in [3.63, 3.8) is 0 Å². The number of amides is 1. The zero-order valence-electron chi connectivity index (χ0n) is 10.5. The second kappa shape index (κ2) is 5.24. The summed E-state index contributed by atoms with van der Waals surface area (Å²) in [7, 11) is 3.29. The quantitative estimate of drug-likeness (QED) is 0.807. The van der Waals surface area contributed by atoms with Gasteiger partial charge in [0.1, 0.15) is 0 Å². The molecular weight excluding hydrogens is 266 g/mol. The van der Waals surface area contributed by atoms with Crippen LogP contribution in [-0.2, 0) is 0 Å². The molecule has 0 atom stereocenters. The SMILES string of the molecule is CN(C)C(=O)c1ccn(-c2c(Cl)cccc2C=O)n1. The van der Waals surface area contributed by atoms with Crippen molar-refractivity contribution >= 4 is 23.8 Å². The molecule has 0 radical (unpaired) electrons. The molecule has 6 heteroatoms. The third kappa shape index (κ3) is 2.51. The van der Waals surface area contributed by atoms with Crippen LogP contribution < -0.4 is 0 Å². The van der Waals surface area contributed by atoms with Crippen LogP contribution in [0.5, 0.6) is 0 Å². The highest BCUT2D eigenvalue weighted by molar-refractivity contribution is 6.32. The maximum atomic E-state index is 11.8. The average molecular weight is 278 g/mol. The van der Waals surface area contributed by atoms with E-state index in [4.69, 9.17) is 11.6 Å². The van der Waals surface area contributed by atoms with E-state index in [2.05, 4.69) is 5.10 Å². The van der Waals surface area contributed by atoms with Crippen LogP contribution in [0.2, 0.25) is 5.02 Å². The van der Waals surface area contributed by atoms with Gasteiger partial charge in [-0.15, -0.1) is 0 Å². The Kier molecular flexibility index (Phi) is 3.66. The van der Waals surface area contributed by atoms with Crippen molar-refractivity contribution in [3.05, 3.63) is 46.7 Å². The first-order valence-corrected chi connectivity index (χ1v) is 5.93. The van der Waals surface area contributed by atoms with Crippen LogP contribution in [0.4, 0.5) is 0 Å². The van der Waals surface area contributed by atoms with Gasteiger partial charge >= 0.3 is 0 Å². The monoisotopic (exact) mass is 277 g/mol. The van der Waals surface area contributed by atoms with Gasteiger partial charge in [-0.05, 0) is 18.2 Å². The Morgan fingerprint density at radius 3 is 2.74 bits per heavy atom. The number of rotatable bonds is 3. The van der Waals surface area contributed by atoms with E-state index in [9.17, 15) is 9.59 Å². The van der Waals surface area contributed by atoms with Gasteiger partial charge in [-0.3, -0.25) is 9.59 Å². The highest BCUT2D eigenvalue weighted by atomic mass is 35.5. The van der Waals surface area contributed by atoms with Crippen molar-refractivity contribution in [2.75, 3.05) is 14.1 Å². The van der Waals surface area contributed by atoms with Crippen molar-refractivity contribution < 1.29 is 9.59 Å². The standard InChI is InChI=1S/C13H12ClN3O2/c1-16(2)13(19)11-6-7-17(15-11)12-9(8-18)4-3-5-10(12)14/h3-8H,1-2H3. The molecule has 0 fully saturated rings. The van der Waals surface area contributed by atoms with E-state index < -0.39 is 0 Å². The molecule has 0 spiro atoms. The molecule has 98 valence electrons. The minimum Gasteiger partial charge on any atom is -0.343 e. The fourth-order valence-electron chi connectivity index (χ4n) is 1.66. The summed E-state index contributed by atoms with van der Waals surface area (Å²) in [5.74, 6) is -0.210. The fourth-order valence-corrected chi connectivity index (χ4v) is 1.93. The van der Waals surface area contributed by atoms with Gasteiger partial charge in [-0.25, -0.2) is 4.68 Å². The van der Waals surface area contributed by atoms with Gasteiger partial charge in [0, 0.05) is 25.9 Å². The van der Waals surface area contributed by atoms with Crippen LogP contribution in [-0.4, -0.2) is 41.0 Å². The summed E-state index contributed by atoms with van der Waals surface area (Å²) in [4.78, 5) is 24.2. The van der Waals surface area contributed by atoms with Crippen LogP contribution in [0.1, 0.15) is 20.8 Å². The predicted octanol–water partition coefficient (Wildman–Crippen LogP) is 2.04. The lowest BCUT2D eigenvalue weighted by molar-refractivity contribution is 0.0821. The molecule has 1 amide bonds. The summed E-state index contributed by atoms with van der Waals surface area (Å²) in [5.41, 5.74) is 1.18. The van der Waals surface area contributed by atoms with Crippen LogP contribution in [0, 0.1) is 0 Å². The van der Waals surface area contributed by atoms with Crippen LogP contribution in [0.25, 0.3) is 5.69 Å². The smallest absolute Gasteiger partial charge is 0.273 e. The van der Waals surface area contributed by atoms with Gasteiger partial charge in [0.2, 0.25) is 0 Å². The molecule has 0 aliphatic rings. The largest absolute Gasteiger partial charge is 0.343 e. The van der Waals surface area contributed by atoms with E-state index in [0.29, 0.717) is 28.3 Å². The molecule has 2 aromatic rings. The van der Waals surface area contributed by atoms with Gasteiger partial charge in [-0.1, -0.05) is 17.7 Å². The number of hydrogen-bond donors (Lipinski definition) is 0. The minimum atomic E-state index is -0.210. The molecule has 0 saturated carbocycles. The first kappa shape index (κ1) is 13.3. The average Bonchev–Trinajstić information content (AvgIpc) is 2.86. The van der Waals surface area contributed by atoms with Crippen molar-refractivity contribution in [2.45, 2.75) is 0 Å². The van der Waals surface area contributed by atoms with Gasteiger partial charge in [-0.2, -0.15) is 5.10 Å². The van der Waals surface area contributed by atoms with E-state index in [0.717, 1.165) is 0 Å². The Bertz CT molecular complexity index is 635. The molecule has 1 aromatic heterocycles. The second-order valence-electron chi connectivity index (χ2n) is 4.14. The number of benzene rings is 1. The molecule has 5 nitrogen and oxygen atoms in total. The number of aldehydes is 1. The summed E-state index contributed by atoms with van der Waals surface area (Å²) in [6.07, 6.45) is 2.31. The Balaban J connectivity index is 2.49. The molecule has 0 saturated heterocycles. The summed E-state index contributed by atoms with van der Waals surface area (Å²) >= 11 is 6.08. The Hall–Kier alpha value is -2.14. The lowest BCUT2D eigenvalue weighted by Gasteiger charge is -2.08. The van der Waals surface area contributed by atoms with Crippen LogP contribution in [0.3, 0.4) is 0 Å². The fraction of sp³-hybridized carbons (Fsp3) is 0.154. The summed E-state index contributed by atoms with van der Waals surface area (Å²) < 4.78 is 1.43. The molecule has 0 unspecified atom stereocenters. The molecular formula is C13H12ClN3O2. The van der Waals surface area contributed by atoms with Crippen molar-refractivity contribution in [1.29, 1.82) is 0 Å². The van der Waals surface area contributed by atoms with Gasteiger partial charge in [0.25, 0.3) is 5.91 Å². The number of hydrogen-bond acceptors (Lipinski definition) is 3. The third-order valence-electron chi connectivity index (χ3n) is 2.59. The first-order valence-electron chi connectivity index (χ1n) is 5.56. The number of halogens is 1. The molecule has 1 aromatic carbocycles. The molecule has 1 heterocycles. The van der Waals surface area contributed by atoms with Crippen LogP contribution in [0.15, 0.2) is 30.5 Å². The number of aromatic nitrogens is 2. The van der Waals surface area contributed by atoms with Crippen molar-refractivity contribution in [3.8, 4) is 5.69 Å². The zero-order valence-corrected chi connectivity index (χ0v) is 11.3. The minimum absolute atomic E-state index is 0.210. The maximum Gasteiger partial charge on any atom is 0.273 e. The van der Waals surface area contributed by atoms with Gasteiger partial charge in [0.05, 0.1) is 10.7 Å². The van der Waals surface area contributed by atoms with Gasteiger partial charge < -0.3 is 4.90 Å². The lowest BCUT2D eigenvalue weighted by Crippen LogP contribution is -2.22. The third-order valence-corrected chi connectivity index (χ3v) is 2.89. The number of carbonyl (C=O) groups excluding carboxylic acids is 2. The van der Waals surface area contributed by atoms with E-state index in [1.807, 2.05) is 0 Å². The summed E-state index contributed by atoms with van der Waals surface area (Å²) in [5, 5.41) is 4.55. The second-order valence-corrected chi connectivity index (χ2v) is 4.55. The molecule has 0 N–H and O–H groups in total. The molecule has 2 rings (SSSR count). The molecule has 0 aliphatic heterocycles. The van der Waals surface area contributed by atoms with E-state index in [1.54, 1.807) is 44.6 Å². The van der Waals surface area contributed by atoms with Gasteiger partial charge in [0.15, 0.2) is 12.0 Å². The number of carbonyl (C=O) groups is 2. The lowest BCUT2D eigenvalue weighted by atomic mass is 10.2. The number of para-hydroxylation sites is 1. The van der Waals surface area contributed by atoms with Crippen molar-refractivity contribution in [1.82, 2.24) is 14.7 Å². The maximum absolute atomic E-state index is 11.8. The Labute approximate surface area is 115 Å². The summed E-state index contributed by atoms with van der Waals surface area (Å²) in [6, 6.07) is 6.58. The Morgan fingerprint density at radius 1 is 1.37 bits per heavy atom. The molecule has 0 aliphatic carbocycles. The molecule has 0 bridgehead atoms. The highest BCUT2D eigenvalue weighted by Gasteiger charge is 2.15. The topological polar surface area (TPSA) is 55.2 Å². The normalized spacial score (nSPS) is 10.3. The number of nitrogens with zero attached hydrogens (tertiary/aromatic N) is 3. The predicted molar refractivity (Wildman–Crippen MR) is 72.0 cm³/mol. The Morgan fingerprint density at radius 2 is 2.11 bits per heavy atom. The van der Waals surface area contributed by atoms with Crippen molar-refractivity contribution in [2.24, 2.45) is 0 Å².